The van der Waals surface area contributed by atoms with Crippen LogP contribution in [0.15, 0.2) is 5.51 Å². The molecule has 0 bridgehead atoms. The molecule has 110 valence electrons. The molecule has 1 aromatic heterocycles. The van der Waals surface area contributed by atoms with E-state index in [9.17, 15) is 0 Å². The van der Waals surface area contributed by atoms with Gasteiger partial charge in [-0.15, -0.1) is 11.3 Å². The Morgan fingerprint density at radius 2 is 1.79 bits per heavy atom. The molecule has 0 fully saturated rings. The minimum absolute atomic E-state index is 0.521. The summed E-state index contributed by atoms with van der Waals surface area (Å²) in [5.41, 5.74) is 3.18. The molecule has 0 aromatic carbocycles. The summed E-state index contributed by atoms with van der Waals surface area (Å²) in [6, 6.07) is 0.521. The van der Waals surface area contributed by atoms with Gasteiger partial charge in [-0.25, -0.2) is 4.98 Å². The molecule has 0 amide bonds. The highest BCUT2D eigenvalue weighted by atomic mass is 32.1. The van der Waals surface area contributed by atoms with E-state index in [1.54, 1.807) is 11.3 Å². The van der Waals surface area contributed by atoms with Gasteiger partial charge in [-0.05, 0) is 19.9 Å². The molecule has 19 heavy (non-hydrogen) atoms. The van der Waals surface area contributed by atoms with Crippen LogP contribution in [-0.4, -0.2) is 11.5 Å². The van der Waals surface area contributed by atoms with E-state index in [-0.39, 0.29) is 0 Å². The Morgan fingerprint density at radius 1 is 1.11 bits per heavy atom. The van der Waals surface area contributed by atoms with Crippen molar-refractivity contribution in [1.29, 1.82) is 0 Å². The van der Waals surface area contributed by atoms with Crippen LogP contribution in [0.5, 0.6) is 0 Å². The molecule has 1 heterocycles. The average molecular weight is 282 g/mol. The predicted octanol–water partition coefficient (Wildman–Crippen LogP) is 5.24. The molecule has 0 radical (unpaired) electrons. The Kier molecular flexibility index (Phi) is 9.10. The van der Waals surface area contributed by atoms with Gasteiger partial charge in [-0.3, -0.25) is 0 Å². The van der Waals surface area contributed by atoms with E-state index in [1.165, 1.54) is 61.9 Å². The van der Waals surface area contributed by atoms with E-state index in [4.69, 9.17) is 0 Å². The van der Waals surface area contributed by atoms with Gasteiger partial charge in [0.25, 0.3) is 0 Å². The highest BCUT2D eigenvalue weighted by Crippen LogP contribution is 2.26. The zero-order chi connectivity index (χ0) is 13.9. The molecule has 1 rings (SSSR count). The third-order valence-corrected chi connectivity index (χ3v) is 4.69. The fourth-order valence-corrected chi connectivity index (χ4v) is 3.44. The summed E-state index contributed by atoms with van der Waals surface area (Å²) in [6.07, 6.45) is 10.9. The van der Waals surface area contributed by atoms with Gasteiger partial charge in [0.2, 0.25) is 0 Å². The maximum absolute atomic E-state index is 4.38. The summed E-state index contributed by atoms with van der Waals surface area (Å²) in [6.45, 7) is 7.63. The zero-order valence-corrected chi connectivity index (χ0v) is 13.7. The van der Waals surface area contributed by atoms with Crippen molar-refractivity contribution in [2.45, 2.75) is 78.2 Å². The minimum atomic E-state index is 0.521. The lowest BCUT2D eigenvalue weighted by Gasteiger charge is -2.17. The third kappa shape index (κ3) is 6.53. The molecule has 0 saturated heterocycles. The van der Waals surface area contributed by atoms with Crippen molar-refractivity contribution in [3.8, 4) is 0 Å². The minimum Gasteiger partial charge on any atom is -0.309 e. The smallest absolute Gasteiger partial charge is 0.0798 e. The van der Waals surface area contributed by atoms with E-state index in [0.717, 1.165) is 6.54 Å². The van der Waals surface area contributed by atoms with Crippen LogP contribution in [0.25, 0.3) is 0 Å². The van der Waals surface area contributed by atoms with Crippen molar-refractivity contribution in [3.63, 3.8) is 0 Å². The molecule has 1 aromatic rings. The van der Waals surface area contributed by atoms with Crippen LogP contribution in [0.3, 0.4) is 0 Å². The first-order valence-electron chi connectivity index (χ1n) is 7.92. The van der Waals surface area contributed by atoms with Gasteiger partial charge in [0, 0.05) is 10.9 Å². The maximum atomic E-state index is 4.38. The maximum Gasteiger partial charge on any atom is 0.0798 e. The number of aromatic nitrogens is 1. The highest BCUT2D eigenvalue weighted by Gasteiger charge is 2.14. The number of aryl methyl sites for hydroxylation is 1. The topological polar surface area (TPSA) is 24.9 Å². The Balaban J connectivity index is 2.22. The van der Waals surface area contributed by atoms with Gasteiger partial charge >= 0.3 is 0 Å². The van der Waals surface area contributed by atoms with Crippen LogP contribution in [0.4, 0.5) is 0 Å². The predicted molar refractivity (Wildman–Crippen MR) is 85.9 cm³/mol. The SMILES string of the molecule is CCCCCCCCCC(NCC)c1scnc1C. The largest absolute Gasteiger partial charge is 0.309 e. The van der Waals surface area contributed by atoms with E-state index < -0.39 is 0 Å². The molecular weight excluding hydrogens is 252 g/mol. The van der Waals surface area contributed by atoms with Crippen LogP contribution in [-0.2, 0) is 0 Å². The van der Waals surface area contributed by atoms with Crippen molar-refractivity contribution >= 4 is 11.3 Å². The third-order valence-electron chi connectivity index (χ3n) is 3.65. The first-order chi connectivity index (χ1) is 9.29. The summed E-state index contributed by atoms with van der Waals surface area (Å²) in [5.74, 6) is 0. The first-order valence-corrected chi connectivity index (χ1v) is 8.80. The number of rotatable bonds is 11. The molecule has 0 saturated carbocycles. The molecule has 1 atom stereocenters. The number of nitrogens with one attached hydrogen (secondary N) is 1. The quantitative estimate of drug-likeness (QED) is 0.561. The van der Waals surface area contributed by atoms with Crippen LogP contribution < -0.4 is 5.32 Å². The fourth-order valence-electron chi connectivity index (χ4n) is 2.52. The number of unbranched alkanes of at least 4 members (excludes halogenated alkanes) is 6. The van der Waals surface area contributed by atoms with Crippen LogP contribution >= 0.6 is 11.3 Å². The monoisotopic (exact) mass is 282 g/mol. The van der Waals surface area contributed by atoms with Crippen molar-refractivity contribution in [2.24, 2.45) is 0 Å². The summed E-state index contributed by atoms with van der Waals surface area (Å²) in [7, 11) is 0. The molecule has 0 aliphatic rings. The van der Waals surface area contributed by atoms with Crippen molar-refractivity contribution in [1.82, 2.24) is 10.3 Å². The number of thiazole rings is 1. The second-order valence-electron chi connectivity index (χ2n) is 5.32. The fraction of sp³-hybridized carbons (Fsp3) is 0.812. The molecule has 0 aliphatic carbocycles. The lowest BCUT2D eigenvalue weighted by Crippen LogP contribution is -2.20. The van der Waals surface area contributed by atoms with E-state index in [0.29, 0.717) is 6.04 Å². The molecule has 1 N–H and O–H groups in total. The molecule has 2 nitrogen and oxygen atoms in total. The van der Waals surface area contributed by atoms with Gasteiger partial charge in [0.05, 0.1) is 11.2 Å². The summed E-state index contributed by atoms with van der Waals surface area (Å²) in [4.78, 5) is 5.81. The van der Waals surface area contributed by atoms with Gasteiger partial charge < -0.3 is 5.32 Å². The summed E-state index contributed by atoms with van der Waals surface area (Å²) >= 11 is 1.80. The number of hydrogen-bond donors (Lipinski definition) is 1. The second-order valence-corrected chi connectivity index (χ2v) is 6.21. The second kappa shape index (κ2) is 10.4. The summed E-state index contributed by atoms with van der Waals surface area (Å²) < 4.78 is 0. The van der Waals surface area contributed by atoms with Crippen molar-refractivity contribution in [3.05, 3.63) is 16.1 Å². The van der Waals surface area contributed by atoms with Crippen molar-refractivity contribution in [2.75, 3.05) is 6.54 Å². The molecule has 0 spiro atoms. The normalized spacial score (nSPS) is 12.8. The van der Waals surface area contributed by atoms with E-state index >= 15 is 0 Å². The average Bonchev–Trinajstić information content (AvgIpc) is 2.82. The first kappa shape index (κ1) is 16.6. The Labute approximate surface area is 123 Å². The Hall–Kier alpha value is -0.410. The highest BCUT2D eigenvalue weighted by molar-refractivity contribution is 7.09. The molecular formula is C16H30N2S. The van der Waals surface area contributed by atoms with Gasteiger partial charge in [-0.2, -0.15) is 0 Å². The summed E-state index contributed by atoms with van der Waals surface area (Å²) in [5, 5.41) is 3.61. The molecule has 1 unspecified atom stereocenters. The zero-order valence-electron chi connectivity index (χ0n) is 12.9. The van der Waals surface area contributed by atoms with Gasteiger partial charge in [0.15, 0.2) is 0 Å². The Bertz CT molecular complexity index is 322. The lowest BCUT2D eigenvalue weighted by atomic mass is 10.0. The van der Waals surface area contributed by atoms with E-state index in [1.807, 2.05) is 5.51 Å². The van der Waals surface area contributed by atoms with Crippen LogP contribution in [0, 0.1) is 6.92 Å². The van der Waals surface area contributed by atoms with E-state index in [2.05, 4.69) is 31.1 Å². The van der Waals surface area contributed by atoms with Crippen LogP contribution in [0.1, 0.15) is 81.8 Å². The lowest BCUT2D eigenvalue weighted by molar-refractivity contribution is 0.479. The number of nitrogens with zero attached hydrogens (tertiary/aromatic N) is 1. The standard InChI is InChI=1S/C16H30N2S/c1-4-6-7-8-9-10-11-12-15(17-5-2)16-14(3)18-13-19-16/h13,15,17H,4-12H2,1-3H3. The van der Waals surface area contributed by atoms with Gasteiger partial charge in [0.1, 0.15) is 0 Å². The Morgan fingerprint density at radius 3 is 2.37 bits per heavy atom. The molecule has 3 heteroatoms. The number of hydrogen-bond acceptors (Lipinski definition) is 3. The van der Waals surface area contributed by atoms with Gasteiger partial charge in [-0.1, -0.05) is 58.8 Å². The molecule has 0 aliphatic heterocycles. The van der Waals surface area contributed by atoms with Crippen LogP contribution in [0.2, 0.25) is 0 Å². The van der Waals surface area contributed by atoms with Crippen molar-refractivity contribution < 1.29 is 0 Å².